The van der Waals surface area contributed by atoms with Crippen molar-refractivity contribution >= 4 is 5.97 Å². The zero-order chi connectivity index (χ0) is 8.77. The highest BCUT2D eigenvalue weighted by molar-refractivity contribution is 5.74. The van der Waals surface area contributed by atoms with Crippen molar-refractivity contribution in [2.75, 3.05) is 6.54 Å². The normalized spacial score (nSPS) is 46.1. The van der Waals surface area contributed by atoms with Crippen LogP contribution in [0.15, 0.2) is 0 Å². The standard InChI is InChI=1S/C9H15NO2/c1-9-4-2-3-6(9)7(8(11)12)10-5-9/h6-7,10H,2-5H2,1H3,(H,11,12)/t6-,7+,9+/m1/s1. The van der Waals surface area contributed by atoms with Gasteiger partial charge in [0.15, 0.2) is 0 Å². The van der Waals surface area contributed by atoms with Crippen LogP contribution in [0.25, 0.3) is 0 Å². The molecule has 1 saturated heterocycles. The summed E-state index contributed by atoms with van der Waals surface area (Å²) in [6, 6.07) is -0.280. The van der Waals surface area contributed by atoms with Gasteiger partial charge in [-0.1, -0.05) is 13.3 Å². The van der Waals surface area contributed by atoms with E-state index in [1.807, 2.05) is 0 Å². The quantitative estimate of drug-likeness (QED) is 0.611. The Balaban J connectivity index is 2.18. The Hall–Kier alpha value is -0.570. The molecule has 1 heterocycles. The molecule has 3 nitrogen and oxygen atoms in total. The molecule has 0 aromatic heterocycles. The Morgan fingerprint density at radius 2 is 2.42 bits per heavy atom. The Bertz CT molecular complexity index is 217. The van der Waals surface area contributed by atoms with Crippen LogP contribution >= 0.6 is 0 Å². The molecule has 2 N–H and O–H groups in total. The predicted octanol–water partition coefficient (Wildman–Crippen LogP) is 0.849. The summed E-state index contributed by atoms with van der Waals surface area (Å²) in [4.78, 5) is 10.8. The van der Waals surface area contributed by atoms with E-state index in [0.29, 0.717) is 5.92 Å². The highest BCUT2D eigenvalue weighted by atomic mass is 16.4. The van der Waals surface area contributed by atoms with Crippen molar-refractivity contribution in [2.45, 2.75) is 32.2 Å². The van der Waals surface area contributed by atoms with Crippen LogP contribution in [0.3, 0.4) is 0 Å². The summed E-state index contributed by atoms with van der Waals surface area (Å²) in [5, 5.41) is 12.0. The van der Waals surface area contributed by atoms with Crippen LogP contribution < -0.4 is 5.32 Å². The van der Waals surface area contributed by atoms with Crippen molar-refractivity contribution in [1.29, 1.82) is 0 Å². The second kappa shape index (κ2) is 2.46. The molecule has 12 heavy (non-hydrogen) atoms. The highest BCUT2D eigenvalue weighted by Gasteiger charge is 2.50. The van der Waals surface area contributed by atoms with Crippen molar-refractivity contribution in [3.8, 4) is 0 Å². The monoisotopic (exact) mass is 169 g/mol. The molecule has 0 aromatic rings. The molecule has 2 aliphatic rings. The molecule has 0 aromatic carbocycles. The first-order chi connectivity index (χ1) is 5.63. The van der Waals surface area contributed by atoms with Crippen LogP contribution in [0.4, 0.5) is 0 Å². The average Bonchev–Trinajstić information content (AvgIpc) is 2.43. The molecule has 0 spiro atoms. The molecule has 0 bridgehead atoms. The van der Waals surface area contributed by atoms with E-state index in [1.165, 1.54) is 12.8 Å². The Kier molecular flexibility index (Phi) is 1.65. The zero-order valence-electron chi connectivity index (χ0n) is 7.34. The molecule has 2 rings (SSSR count). The molecule has 0 radical (unpaired) electrons. The van der Waals surface area contributed by atoms with E-state index in [-0.39, 0.29) is 11.5 Å². The Labute approximate surface area is 72.2 Å². The third-order valence-electron chi connectivity index (χ3n) is 3.55. The largest absolute Gasteiger partial charge is 0.480 e. The first-order valence-electron chi connectivity index (χ1n) is 4.60. The summed E-state index contributed by atoms with van der Waals surface area (Å²) >= 11 is 0. The van der Waals surface area contributed by atoms with Gasteiger partial charge in [-0.2, -0.15) is 0 Å². The summed E-state index contributed by atoms with van der Waals surface area (Å²) in [6.07, 6.45) is 3.47. The van der Waals surface area contributed by atoms with E-state index in [4.69, 9.17) is 5.11 Å². The topological polar surface area (TPSA) is 49.3 Å². The number of hydrogen-bond donors (Lipinski definition) is 2. The molecule has 1 aliphatic heterocycles. The van der Waals surface area contributed by atoms with Gasteiger partial charge in [0.1, 0.15) is 6.04 Å². The molecule has 2 fully saturated rings. The third-order valence-corrected chi connectivity index (χ3v) is 3.55. The first-order valence-corrected chi connectivity index (χ1v) is 4.60. The third kappa shape index (κ3) is 0.959. The van der Waals surface area contributed by atoms with Crippen molar-refractivity contribution in [2.24, 2.45) is 11.3 Å². The van der Waals surface area contributed by atoms with Crippen molar-refractivity contribution in [1.82, 2.24) is 5.32 Å². The summed E-state index contributed by atoms with van der Waals surface area (Å²) in [5.74, 6) is -0.305. The number of nitrogens with one attached hydrogen (secondary N) is 1. The number of carboxylic acids is 1. The lowest BCUT2D eigenvalue weighted by atomic mass is 9.80. The lowest BCUT2D eigenvalue weighted by Crippen LogP contribution is -2.35. The first kappa shape index (κ1) is 8.05. The van der Waals surface area contributed by atoms with E-state index in [1.54, 1.807) is 0 Å². The Morgan fingerprint density at radius 1 is 1.67 bits per heavy atom. The number of aliphatic carboxylic acids is 1. The molecule has 3 heteroatoms. The predicted molar refractivity (Wildman–Crippen MR) is 44.9 cm³/mol. The van der Waals surface area contributed by atoms with Gasteiger partial charge in [0.2, 0.25) is 0 Å². The van der Waals surface area contributed by atoms with Gasteiger partial charge in [0, 0.05) is 6.54 Å². The molecule has 1 saturated carbocycles. The fourth-order valence-electron chi connectivity index (χ4n) is 2.79. The zero-order valence-corrected chi connectivity index (χ0v) is 7.34. The van der Waals surface area contributed by atoms with Gasteiger partial charge in [-0.15, -0.1) is 0 Å². The number of rotatable bonds is 1. The van der Waals surface area contributed by atoms with E-state index in [2.05, 4.69) is 12.2 Å². The lowest BCUT2D eigenvalue weighted by molar-refractivity contribution is -0.140. The molecule has 0 unspecified atom stereocenters. The summed E-state index contributed by atoms with van der Waals surface area (Å²) in [5.41, 5.74) is 0.267. The summed E-state index contributed by atoms with van der Waals surface area (Å²) in [6.45, 7) is 3.09. The molecule has 3 atom stereocenters. The van der Waals surface area contributed by atoms with Crippen molar-refractivity contribution in [3.63, 3.8) is 0 Å². The van der Waals surface area contributed by atoms with Crippen LogP contribution in [-0.2, 0) is 4.79 Å². The molecule has 0 amide bonds. The second-order valence-corrected chi connectivity index (χ2v) is 4.35. The van der Waals surface area contributed by atoms with Gasteiger partial charge >= 0.3 is 5.97 Å². The summed E-state index contributed by atoms with van der Waals surface area (Å²) in [7, 11) is 0. The Morgan fingerprint density at radius 3 is 3.08 bits per heavy atom. The van der Waals surface area contributed by atoms with Crippen molar-refractivity contribution in [3.05, 3.63) is 0 Å². The lowest BCUT2D eigenvalue weighted by Gasteiger charge is -2.23. The maximum absolute atomic E-state index is 10.8. The van der Waals surface area contributed by atoms with E-state index >= 15 is 0 Å². The van der Waals surface area contributed by atoms with E-state index in [9.17, 15) is 4.79 Å². The minimum atomic E-state index is -0.675. The number of carboxylic acid groups (broad SMARTS) is 1. The second-order valence-electron chi connectivity index (χ2n) is 4.35. The number of fused-ring (bicyclic) bond motifs is 1. The minimum absolute atomic E-state index is 0.267. The molecule has 1 aliphatic carbocycles. The average molecular weight is 169 g/mol. The maximum Gasteiger partial charge on any atom is 0.321 e. The van der Waals surface area contributed by atoms with Gasteiger partial charge in [0.05, 0.1) is 0 Å². The highest BCUT2D eigenvalue weighted by Crippen LogP contribution is 2.47. The number of carbonyl (C=O) groups is 1. The van der Waals surface area contributed by atoms with Gasteiger partial charge in [-0.05, 0) is 24.2 Å². The minimum Gasteiger partial charge on any atom is -0.480 e. The van der Waals surface area contributed by atoms with Crippen LogP contribution in [-0.4, -0.2) is 23.7 Å². The fraction of sp³-hybridized carbons (Fsp3) is 0.889. The van der Waals surface area contributed by atoms with Gasteiger partial charge in [-0.3, -0.25) is 4.79 Å². The molecule has 68 valence electrons. The summed E-state index contributed by atoms with van der Waals surface area (Å²) < 4.78 is 0. The fourth-order valence-corrected chi connectivity index (χ4v) is 2.79. The number of hydrogen-bond acceptors (Lipinski definition) is 2. The molecular weight excluding hydrogens is 154 g/mol. The van der Waals surface area contributed by atoms with Gasteiger partial charge in [-0.25, -0.2) is 0 Å². The van der Waals surface area contributed by atoms with Gasteiger partial charge < -0.3 is 10.4 Å². The molecular formula is C9H15NO2. The van der Waals surface area contributed by atoms with Crippen LogP contribution in [0.1, 0.15) is 26.2 Å². The SMILES string of the molecule is C[C@@]12CCC[C@@H]1[C@@H](C(=O)O)NC2. The maximum atomic E-state index is 10.8. The van der Waals surface area contributed by atoms with Crippen LogP contribution in [0.5, 0.6) is 0 Å². The van der Waals surface area contributed by atoms with Crippen LogP contribution in [0.2, 0.25) is 0 Å². The van der Waals surface area contributed by atoms with Crippen molar-refractivity contribution < 1.29 is 9.90 Å². The van der Waals surface area contributed by atoms with E-state index in [0.717, 1.165) is 13.0 Å². The van der Waals surface area contributed by atoms with Gasteiger partial charge in [0.25, 0.3) is 0 Å². The van der Waals surface area contributed by atoms with E-state index < -0.39 is 5.97 Å². The smallest absolute Gasteiger partial charge is 0.321 e. The van der Waals surface area contributed by atoms with Crippen LogP contribution in [0, 0.1) is 11.3 Å².